The number of anilines is 1. The summed E-state index contributed by atoms with van der Waals surface area (Å²) in [5.74, 6) is 5.85. The molecule has 0 bridgehead atoms. The van der Waals surface area contributed by atoms with E-state index in [-0.39, 0.29) is 6.54 Å². The lowest BCUT2D eigenvalue weighted by Crippen LogP contribution is -2.30. The minimum atomic E-state index is -4.37. The Kier molecular flexibility index (Phi) is 4.15. The van der Waals surface area contributed by atoms with Crippen molar-refractivity contribution in [2.75, 3.05) is 5.01 Å². The Morgan fingerprint density at radius 1 is 1.10 bits per heavy atom. The number of hydrogen-bond donors (Lipinski definition) is 1. The Morgan fingerprint density at radius 2 is 1.76 bits per heavy atom. The molecule has 0 fully saturated rings. The molecule has 3 nitrogen and oxygen atoms in total. The molecule has 0 amide bonds. The number of hydrogen-bond acceptors (Lipinski definition) is 3. The van der Waals surface area contributed by atoms with Crippen LogP contribution in [0.1, 0.15) is 16.7 Å². The van der Waals surface area contributed by atoms with E-state index in [2.05, 4.69) is 0 Å². The molecule has 0 spiro atoms. The summed E-state index contributed by atoms with van der Waals surface area (Å²) in [7, 11) is 0. The van der Waals surface area contributed by atoms with Crippen LogP contribution in [-0.4, -0.2) is 0 Å². The molecule has 0 saturated heterocycles. The van der Waals surface area contributed by atoms with Gasteiger partial charge in [0.05, 0.1) is 29.4 Å². The Labute approximate surface area is 120 Å². The average Bonchev–Trinajstić information content (AvgIpc) is 2.47. The zero-order valence-corrected chi connectivity index (χ0v) is 10.9. The molecule has 2 N–H and O–H groups in total. The lowest BCUT2D eigenvalue weighted by Gasteiger charge is -2.19. The van der Waals surface area contributed by atoms with Crippen molar-refractivity contribution in [2.24, 2.45) is 5.84 Å². The second-order valence-electron chi connectivity index (χ2n) is 4.48. The number of benzene rings is 2. The number of hydrazine groups is 1. The lowest BCUT2D eigenvalue weighted by molar-refractivity contribution is -0.137. The third-order valence-electron chi connectivity index (χ3n) is 2.94. The van der Waals surface area contributed by atoms with E-state index < -0.39 is 11.7 Å². The molecule has 0 unspecified atom stereocenters. The van der Waals surface area contributed by atoms with Gasteiger partial charge in [-0.1, -0.05) is 12.1 Å². The summed E-state index contributed by atoms with van der Waals surface area (Å²) in [4.78, 5) is 0. The maximum atomic E-state index is 12.6. The van der Waals surface area contributed by atoms with Crippen molar-refractivity contribution in [3.8, 4) is 6.07 Å². The second kappa shape index (κ2) is 5.85. The van der Waals surface area contributed by atoms with Gasteiger partial charge in [0, 0.05) is 0 Å². The van der Waals surface area contributed by atoms with Crippen LogP contribution in [0.5, 0.6) is 0 Å². The number of halogens is 3. The molecule has 0 heterocycles. The first-order valence-corrected chi connectivity index (χ1v) is 6.08. The first-order valence-electron chi connectivity index (χ1n) is 6.08. The highest BCUT2D eigenvalue weighted by Crippen LogP contribution is 2.29. The van der Waals surface area contributed by atoms with Crippen molar-refractivity contribution in [2.45, 2.75) is 12.7 Å². The zero-order valence-electron chi connectivity index (χ0n) is 10.9. The van der Waals surface area contributed by atoms with Crippen LogP contribution < -0.4 is 10.9 Å². The third-order valence-corrected chi connectivity index (χ3v) is 2.94. The topological polar surface area (TPSA) is 53.0 Å². The zero-order chi connectivity index (χ0) is 15.5. The highest BCUT2D eigenvalue weighted by atomic mass is 19.4. The molecule has 2 aromatic rings. The van der Waals surface area contributed by atoms with Gasteiger partial charge in [-0.25, -0.2) is 5.84 Å². The van der Waals surface area contributed by atoms with Gasteiger partial charge in [0.2, 0.25) is 0 Å². The molecule has 6 heteroatoms. The van der Waals surface area contributed by atoms with Crippen molar-refractivity contribution < 1.29 is 13.2 Å². The van der Waals surface area contributed by atoms with Crippen molar-refractivity contribution in [1.29, 1.82) is 5.26 Å². The molecule has 0 aliphatic rings. The Hall–Kier alpha value is -2.52. The summed E-state index contributed by atoms with van der Waals surface area (Å²) in [6.07, 6.45) is -4.37. The predicted molar refractivity (Wildman–Crippen MR) is 73.0 cm³/mol. The lowest BCUT2D eigenvalue weighted by atomic mass is 10.1. The van der Waals surface area contributed by atoms with Gasteiger partial charge in [-0.05, 0) is 42.0 Å². The minimum absolute atomic E-state index is 0.135. The van der Waals surface area contributed by atoms with Crippen LogP contribution in [0.3, 0.4) is 0 Å². The third kappa shape index (κ3) is 3.74. The second-order valence-corrected chi connectivity index (χ2v) is 4.48. The highest BCUT2D eigenvalue weighted by molar-refractivity contribution is 5.49. The predicted octanol–water partition coefficient (Wildman–Crippen LogP) is 3.46. The Bertz CT molecular complexity index is 657. The molecule has 0 atom stereocenters. The Morgan fingerprint density at radius 3 is 2.33 bits per heavy atom. The van der Waals surface area contributed by atoms with Gasteiger partial charge >= 0.3 is 6.18 Å². The van der Waals surface area contributed by atoms with Crippen LogP contribution in [0.15, 0.2) is 48.5 Å². The average molecular weight is 291 g/mol. The van der Waals surface area contributed by atoms with Gasteiger partial charge in [0.15, 0.2) is 0 Å². The van der Waals surface area contributed by atoms with Crippen LogP contribution in [0.25, 0.3) is 0 Å². The summed E-state index contributed by atoms with van der Waals surface area (Å²) in [6, 6.07) is 13.5. The van der Waals surface area contributed by atoms with E-state index in [1.165, 1.54) is 11.1 Å². The largest absolute Gasteiger partial charge is 0.416 e. The summed E-state index contributed by atoms with van der Waals surface area (Å²) in [5, 5.41) is 10.0. The van der Waals surface area contributed by atoms with Gasteiger partial charge in [0.25, 0.3) is 0 Å². The van der Waals surface area contributed by atoms with E-state index in [1.54, 1.807) is 30.3 Å². The summed E-state index contributed by atoms with van der Waals surface area (Å²) >= 11 is 0. The van der Waals surface area contributed by atoms with E-state index in [4.69, 9.17) is 11.1 Å². The molecule has 0 radical (unpaired) electrons. The van der Waals surface area contributed by atoms with E-state index >= 15 is 0 Å². The van der Waals surface area contributed by atoms with E-state index in [0.717, 1.165) is 12.1 Å². The van der Waals surface area contributed by atoms with Gasteiger partial charge in [0.1, 0.15) is 0 Å². The number of alkyl halides is 3. The highest BCUT2D eigenvalue weighted by Gasteiger charge is 2.30. The standard InChI is InChI=1S/C15H12F3N3/c16-15(17,18)13-3-1-2-12(8-13)10-21(20)14-6-4-11(9-19)5-7-14/h1-8H,10,20H2. The van der Waals surface area contributed by atoms with E-state index in [0.29, 0.717) is 16.8 Å². The number of nitrogens with zero attached hydrogens (tertiary/aromatic N) is 2. The van der Waals surface area contributed by atoms with Gasteiger partial charge in [-0.2, -0.15) is 18.4 Å². The van der Waals surface area contributed by atoms with Crippen LogP contribution in [0, 0.1) is 11.3 Å². The fourth-order valence-corrected chi connectivity index (χ4v) is 1.86. The van der Waals surface area contributed by atoms with Crippen molar-refractivity contribution >= 4 is 5.69 Å². The maximum Gasteiger partial charge on any atom is 0.416 e. The van der Waals surface area contributed by atoms with E-state index in [1.807, 2.05) is 6.07 Å². The summed E-state index contributed by atoms with van der Waals surface area (Å²) < 4.78 is 37.9. The normalized spacial score (nSPS) is 11.0. The Balaban J connectivity index is 2.15. The smallest absolute Gasteiger partial charge is 0.307 e. The minimum Gasteiger partial charge on any atom is -0.307 e. The van der Waals surface area contributed by atoms with Crippen molar-refractivity contribution in [3.05, 3.63) is 65.2 Å². The van der Waals surface area contributed by atoms with Gasteiger partial charge in [-0.3, -0.25) is 0 Å². The molecule has 2 rings (SSSR count). The molecule has 0 aliphatic heterocycles. The van der Waals surface area contributed by atoms with Crippen molar-refractivity contribution in [1.82, 2.24) is 0 Å². The number of nitrogens with two attached hydrogens (primary N) is 1. The molecular formula is C15H12F3N3. The van der Waals surface area contributed by atoms with Crippen LogP contribution >= 0.6 is 0 Å². The quantitative estimate of drug-likeness (QED) is 0.696. The monoisotopic (exact) mass is 291 g/mol. The maximum absolute atomic E-state index is 12.6. The van der Waals surface area contributed by atoms with Crippen LogP contribution in [0.2, 0.25) is 0 Å². The fraction of sp³-hybridized carbons (Fsp3) is 0.133. The first-order chi connectivity index (χ1) is 9.90. The van der Waals surface area contributed by atoms with Crippen LogP contribution in [0.4, 0.5) is 18.9 Å². The molecule has 108 valence electrons. The molecule has 2 aromatic carbocycles. The molecule has 0 aromatic heterocycles. The first kappa shape index (κ1) is 14.9. The van der Waals surface area contributed by atoms with Gasteiger partial charge < -0.3 is 5.01 Å². The molecular weight excluding hydrogens is 279 g/mol. The SMILES string of the molecule is N#Cc1ccc(N(N)Cc2cccc(C(F)(F)F)c2)cc1. The fourth-order valence-electron chi connectivity index (χ4n) is 1.86. The molecule has 21 heavy (non-hydrogen) atoms. The number of rotatable bonds is 3. The van der Waals surface area contributed by atoms with Crippen molar-refractivity contribution in [3.63, 3.8) is 0 Å². The summed E-state index contributed by atoms with van der Waals surface area (Å²) in [6.45, 7) is 0.135. The molecule has 0 saturated carbocycles. The van der Waals surface area contributed by atoms with Crippen LogP contribution in [-0.2, 0) is 12.7 Å². The van der Waals surface area contributed by atoms with E-state index in [9.17, 15) is 13.2 Å². The summed E-state index contributed by atoms with van der Waals surface area (Å²) in [5.41, 5.74) is 0.863. The van der Waals surface area contributed by atoms with Gasteiger partial charge in [-0.15, -0.1) is 0 Å². The molecule has 0 aliphatic carbocycles. The number of nitriles is 1.